The topological polar surface area (TPSA) is 49.9 Å². The Morgan fingerprint density at radius 3 is 2.30 bits per heavy atom. The van der Waals surface area contributed by atoms with E-state index < -0.39 is 0 Å². The number of ether oxygens (including phenoxy) is 1. The number of para-hydroxylation sites is 1. The fraction of sp³-hybridized carbons (Fsp3) is 0.115. The molecule has 0 aromatic heterocycles. The second kappa shape index (κ2) is 8.84. The first-order valence-electron chi connectivity index (χ1n) is 10.5. The van der Waals surface area contributed by atoms with E-state index in [1.165, 1.54) is 16.7 Å². The van der Waals surface area contributed by atoms with Gasteiger partial charge in [-0.3, -0.25) is 14.5 Å². The van der Waals surface area contributed by atoms with Gasteiger partial charge in [-0.1, -0.05) is 72.5 Å². The maximum atomic E-state index is 13.6. The normalized spacial score (nSPS) is 17.7. The van der Waals surface area contributed by atoms with Gasteiger partial charge in [-0.15, -0.1) is 0 Å². The quantitative estimate of drug-likeness (QED) is 0.384. The summed E-state index contributed by atoms with van der Waals surface area (Å²) in [6, 6.07) is 24.8. The van der Waals surface area contributed by atoms with E-state index in [0.29, 0.717) is 32.8 Å². The second-order valence-electron chi connectivity index (χ2n) is 7.62. The number of thiocarbonyl (C=S) groups is 1. The molecule has 2 aliphatic heterocycles. The van der Waals surface area contributed by atoms with Crippen LogP contribution in [0.1, 0.15) is 11.1 Å². The third-order valence-corrected chi connectivity index (χ3v) is 7.09. The van der Waals surface area contributed by atoms with Crippen LogP contribution in [0.4, 0.5) is 11.4 Å². The van der Waals surface area contributed by atoms with Crippen LogP contribution in [0, 0.1) is 0 Å². The predicted octanol–water partition coefficient (Wildman–Crippen LogP) is 5.06. The molecule has 5 nitrogen and oxygen atoms in total. The first-order valence-corrected chi connectivity index (χ1v) is 11.7. The van der Waals surface area contributed by atoms with Crippen LogP contribution in [0.15, 0.2) is 83.8 Å². The highest BCUT2D eigenvalue weighted by Crippen LogP contribution is 2.45. The van der Waals surface area contributed by atoms with Crippen molar-refractivity contribution in [2.45, 2.75) is 6.42 Å². The summed E-state index contributed by atoms with van der Waals surface area (Å²) in [5.74, 6) is 0.247. The molecule has 5 rings (SSSR count). The van der Waals surface area contributed by atoms with Crippen LogP contribution in [0.2, 0.25) is 0 Å². The summed E-state index contributed by atoms with van der Waals surface area (Å²) < 4.78 is 5.61. The van der Waals surface area contributed by atoms with Crippen molar-refractivity contribution in [2.75, 3.05) is 23.5 Å². The summed E-state index contributed by atoms with van der Waals surface area (Å²) >= 11 is 6.71. The van der Waals surface area contributed by atoms with Crippen LogP contribution < -0.4 is 14.5 Å². The van der Waals surface area contributed by atoms with Gasteiger partial charge >= 0.3 is 0 Å². The molecule has 0 radical (unpaired) electrons. The summed E-state index contributed by atoms with van der Waals surface area (Å²) in [4.78, 5) is 30.6. The number of methoxy groups -OCH3 is 1. The molecule has 0 atom stereocenters. The summed E-state index contributed by atoms with van der Waals surface area (Å²) in [5, 5.41) is 0. The monoisotopic (exact) mass is 472 g/mol. The molecule has 7 heteroatoms. The lowest BCUT2D eigenvalue weighted by molar-refractivity contribution is -0.115. The molecule has 2 amide bonds. The third-order valence-electron chi connectivity index (χ3n) is 5.72. The molecule has 0 saturated carbocycles. The minimum atomic E-state index is -0.279. The van der Waals surface area contributed by atoms with Crippen molar-refractivity contribution >= 4 is 57.1 Å². The van der Waals surface area contributed by atoms with Crippen LogP contribution in [-0.4, -0.2) is 29.8 Å². The van der Waals surface area contributed by atoms with E-state index in [4.69, 9.17) is 17.0 Å². The summed E-state index contributed by atoms with van der Waals surface area (Å²) in [6.45, 7) is 0.530. The zero-order valence-corrected chi connectivity index (χ0v) is 19.5. The average Bonchev–Trinajstić information content (AvgIpc) is 3.29. The van der Waals surface area contributed by atoms with Crippen molar-refractivity contribution in [1.82, 2.24) is 0 Å². The number of carbonyl (C=O) groups excluding carboxylic acids is 2. The van der Waals surface area contributed by atoms with Gasteiger partial charge in [0.15, 0.2) is 4.32 Å². The number of carbonyl (C=O) groups is 2. The van der Waals surface area contributed by atoms with Crippen LogP contribution in [0.3, 0.4) is 0 Å². The molecule has 0 N–H and O–H groups in total. The second-order valence-corrected chi connectivity index (χ2v) is 9.26. The highest BCUT2D eigenvalue weighted by atomic mass is 32.2. The molecule has 0 aliphatic carbocycles. The number of anilines is 2. The van der Waals surface area contributed by atoms with Crippen LogP contribution >= 0.6 is 24.0 Å². The molecule has 164 valence electrons. The Kier molecular flexibility index (Phi) is 5.74. The van der Waals surface area contributed by atoms with Crippen molar-refractivity contribution < 1.29 is 14.3 Å². The summed E-state index contributed by atoms with van der Waals surface area (Å²) in [7, 11) is 1.59. The van der Waals surface area contributed by atoms with Crippen molar-refractivity contribution in [1.29, 1.82) is 0 Å². The standard InChI is InChI=1S/C26H20N2O3S2/c1-31-19-13-11-18(12-14-19)28-25(30)23(33-26(28)32)22-20-9-5-6-10-21(20)27(24(22)29)16-15-17-7-3-2-4-8-17/h2-14H,15-16H2,1H3. The molecule has 0 bridgehead atoms. The van der Waals surface area contributed by atoms with Gasteiger partial charge in [0.1, 0.15) is 5.75 Å². The summed E-state index contributed by atoms with van der Waals surface area (Å²) in [6.07, 6.45) is 0.723. The largest absolute Gasteiger partial charge is 0.497 e. The predicted molar refractivity (Wildman–Crippen MR) is 137 cm³/mol. The molecule has 33 heavy (non-hydrogen) atoms. The van der Waals surface area contributed by atoms with E-state index in [9.17, 15) is 9.59 Å². The zero-order valence-electron chi connectivity index (χ0n) is 17.9. The van der Waals surface area contributed by atoms with Gasteiger partial charge in [0.2, 0.25) is 0 Å². The molecule has 0 unspecified atom stereocenters. The van der Waals surface area contributed by atoms with Crippen molar-refractivity contribution in [2.24, 2.45) is 0 Å². The smallest absolute Gasteiger partial charge is 0.271 e. The fourth-order valence-electron chi connectivity index (χ4n) is 4.08. The summed E-state index contributed by atoms with van der Waals surface area (Å²) in [5.41, 5.74) is 3.82. The lowest BCUT2D eigenvalue weighted by atomic mass is 10.1. The maximum Gasteiger partial charge on any atom is 0.271 e. The highest BCUT2D eigenvalue weighted by molar-refractivity contribution is 8.27. The van der Waals surface area contributed by atoms with E-state index in [0.717, 1.165) is 23.2 Å². The van der Waals surface area contributed by atoms with E-state index in [2.05, 4.69) is 0 Å². The minimum Gasteiger partial charge on any atom is -0.497 e. The van der Waals surface area contributed by atoms with Crippen molar-refractivity contribution in [3.63, 3.8) is 0 Å². The molecule has 0 spiro atoms. The number of hydrogen-bond donors (Lipinski definition) is 0. The van der Waals surface area contributed by atoms with Crippen LogP contribution in [0.25, 0.3) is 5.57 Å². The van der Waals surface area contributed by atoms with Gasteiger partial charge in [-0.25, -0.2) is 0 Å². The first kappa shape index (κ1) is 21.4. The van der Waals surface area contributed by atoms with Crippen molar-refractivity contribution in [3.05, 3.63) is 94.9 Å². The van der Waals surface area contributed by atoms with Gasteiger partial charge in [0, 0.05) is 12.1 Å². The van der Waals surface area contributed by atoms with Gasteiger partial charge in [-0.05, 0) is 42.3 Å². The van der Waals surface area contributed by atoms with Crippen LogP contribution in [-0.2, 0) is 16.0 Å². The number of rotatable bonds is 5. The Morgan fingerprint density at radius 1 is 0.879 bits per heavy atom. The molecule has 2 aliphatic rings. The van der Waals surface area contributed by atoms with E-state index in [1.54, 1.807) is 36.3 Å². The van der Waals surface area contributed by atoms with Gasteiger partial charge in [-0.2, -0.15) is 0 Å². The molecule has 3 aromatic carbocycles. The molecule has 1 fully saturated rings. The number of thioether (sulfide) groups is 1. The fourth-order valence-corrected chi connectivity index (χ4v) is 5.45. The van der Waals surface area contributed by atoms with Gasteiger partial charge in [0.25, 0.3) is 11.8 Å². The SMILES string of the molecule is COc1ccc(N2C(=O)C(=C3C(=O)N(CCc4ccccc4)c4ccccc43)SC2=S)cc1. The number of amides is 2. The van der Waals surface area contributed by atoms with E-state index in [-0.39, 0.29) is 11.8 Å². The number of benzene rings is 3. The molecular formula is C26H20N2O3S2. The Balaban J connectivity index is 1.50. The average molecular weight is 473 g/mol. The van der Waals surface area contributed by atoms with E-state index in [1.807, 2.05) is 54.6 Å². The number of nitrogens with zero attached hydrogens (tertiary/aromatic N) is 2. The van der Waals surface area contributed by atoms with Crippen molar-refractivity contribution in [3.8, 4) is 5.75 Å². The lowest BCUT2D eigenvalue weighted by Gasteiger charge is -2.17. The minimum absolute atomic E-state index is 0.164. The van der Waals surface area contributed by atoms with Gasteiger partial charge in [0.05, 0.1) is 29.0 Å². The first-order chi connectivity index (χ1) is 16.1. The molecular weight excluding hydrogens is 452 g/mol. The lowest BCUT2D eigenvalue weighted by Crippen LogP contribution is -2.30. The Labute approximate surface area is 201 Å². The Hall–Kier alpha value is -3.42. The van der Waals surface area contributed by atoms with E-state index >= 15 is 0 Å². The zero-order chi connectivity index (χ0) is 22.9. The maximum absolute atomic E-state index is 13.6. The number of fused-ring (bicyclic) bond motifs is 1. The molecule has 3 aromatic rings. The molecule has 1 saturated heterocycles. The van der Waals surface area contributed by atoms with Gasteiger partial charge < -0.3 is 9.64 Å². The van der Waals surface area contributed by atoms with Crippen LogP contribution in [0.5, 0.6) is 5.75 Å². The number of hydrogen-bond acceptors (Lipinski definition) is 5. The Bertz CT molecular complexity index is 1290. The molecule has 2 heterocycles. The highest BCUT2D eigenvalue weighted by Gasteiger charge is 2.42. The third kappa shape index (κ3) is 3.83. The Morgan fingerprint density at radius 2 is 1.58 bits per heavy atom.